The van der Waals surface area contributed by atoms with Crippen LogP contribution in [-0.2, 0) is 4.79 Å². The number of carbonyl (C=O) groups excluding carboxylic acids is 1. The van der Waals surface area contributed by atoms with Gasteiger partial charge in [0.25, 0.3) is 0 Å². The molecule has 60 valence electrons. The molecule has 0 amide bonds. The first-order valence-electron chi connectivity index (χ1n) is 4.86. The molecule has 2 bridgehead atoms. The summed E-state index contributed by atoms with van der Waals surface area (Å²) in [5.74, 6) is 1.93. The van der Waals surface area contributed by atoms with Crippen LogP contribution in [0.25, 0.3) is 0 Å². The molecule has 1 nitrogen and oxygen atoms in total. The van der Waals surface area contributed by atoms with Gasteiger partial charge in [0.15, 0.2) is 0 Å². The van der Waals surface area contributed by atoms with Gasteiger partial charge in [-0.2, -0.15) is 0 Å². The largest absolute Gasteiger partial charge is 0.299 e. The van der Waals surface area contributed by atoms with Crippen molar-refractivity contribution in [2.24, 2.45) is 17.3 Å². The number of rotatable bonds is 0. The van der Waals surface area contributed by atoms with Crippen LogP contribution in [0.4, 0.5) is 0 Å². The van der Waals surface area contributed by atoms with Crippen LogP contribution < -0.4 is 0 Å². The van der Waals surface area contributed by atoms with Crippen molar-refractivity contribution < 1.29 is 4.79 Å². The van der Waals surface area contributed by atoms with Crippen molar-refractivity contribution in [2.75, 3.05) is 0 Å². The molecule has 0 N–H and O–H groups in total. The smallest absolute Gasteiger partial charge is 0.136 e. The SMILES string of the molecule is O=C1C[C@@H]2CC[C@H]1C21CCC1. The lowest BCUT2D eigenvalue weighted by Crippen LogP contribution is -2.34. The van der Waals surface area contributed by atoms with E-state index in [1.165, 1.54) is 32.1 Å². The summed E-state index contributed by atoms with van der Waals surface area (Å²) >= 11 is 0. The van der Waals surface area contributed by atoms with Gasteiger partial charge in [-0.05, 0) is 37.0 Å². The topological polar surface area (TPSA) is 17.1 Å². The number of hydrogen-bond acceptors (Lipinski definition) is 1. The highest BCUT2D eigenvalue weighted by Gasteiger charge is 2.60. The van der Waals surface area contributed by atoms with Crippen molar-refractivity contribution in [1.82, 2.24) is 0 Å². The van der Waals surface area contributed by atoms with Gasteiger partial charge in [0.2, 0.25) is 0 Å². The maximum absolute atomic E-state index is 11.4. The highest BCUT2D eigenvalue weighted by atomic mass is 16.1. The van der Waals surface area contributed by atoms with Gasteiger partial charge in [0, 0.05) is 12.3 Å². The van der Waals surface area contributed by atoms with Gasteiger partial charge in [-0.3, -0.25) is 4.79 Å². The summed E-state index contributed by atoms with van der Waals surface area (Å²) in [6.07, 6.45) is 7.65. The van der Waals surface area contributed by atoms with Gasteiger partial charge in [0.1, 0.15) is 5.78 Å². The molecule has 3 aliphatic carbocycles. The number of hydrogen-bond donors (Lipinski definition) is 0. The van der Waals surface area contributed by atoms with E-state index in [1.54, 1.807) is 0 Å². The fourth-order valence-corrected chi connectivity index (χ4v) is 3.74. The minimum absolute atomic E-state index is 0.515. The van der Waals surface area contributed by atoms with Crippen LogP contribution in [-0.4, -0.2) is 5.78 Å². The molecule has 3 rings (SSSR count). The Bertz CT molecular complexity index is 215. The summed E-state index contributed by atoms with van der Waals surface area (Å²) < 4.78 is 0. The van der Waals surface area contributed by atoms with Crippen molar-refractivity contribution in [1.29, 1.82) is 0 Å². The standard InChI is InChI=1S/C10H14O/c11-9-6-7-2-3-8(9)10(7)4-1-5-10/h7-8H,1-6H2/t7-,8+/m0/s1. The van der Waals surface area contributed by atoms with E-state index in [9.17, 15) is 4.79 Å². The second-order valence-corrected chi connectivity index (χ2v) is 4.58. The predicted octanol–water partition coefficient (Wildman–Crippen LogP) is 2.16. The zero-order chi connectivity index (χ0) is 7.47. The lowest BCUT2D eigenvalue weighted by atomic mass is 9.62. The van der Waals surface area contributed by atoms with E-state index in [0.29, 0.717) is 17.1 Å². The van der Waals surface area contributed by atoms with Gasteiger partial charge in [0.05, 0.1) is 0 Å². The summed E-state index contributed by atoms with van der Waals surface area (Å²) in [6, 6.07) is 0. The number of Topliss-reactive ketones (excluding diaryl/α,β-unsaturated/α-hetero) is 1. The Kier molecular flexibility index (Phi) is 0.961. The van der Waals surface area contributed by atoms with Crippen LogP contribution in [0.3, 0.4) is 0 Å². The summed E-state index contributed by atoms with van der Waals surface area (Å²) in [4.78, 5) is 11.4. The van der Waals surface area contributed by atoms with Gasteiger partial charge in [-0.1, -0.05) is 6.42 Å². The molecule has 0 aromatic heterocycles. The van der Waals surface area contributed by atoms with E-state index in [1.807, 2.05) is 0 Å². The second-order valence-electron chi connectivity index (χ2n) is 4.58. The molecule has 0 radical (unpaired) electrons. The molecule has 1 heteroatoms. The normalized spacial score (nSPS) is 44.9. The first-order chi connectivity index (χ1) is 5.33. The maximum Gasteiger partial charge on any atom is 0.136 e. The Labute approximate surface area is 67.2 Å². The first-order valence-corrected chi connectivity index (χ1v) is 4.86. The summed E-state index contributed by atoms with van der Waals surface area (Å²) in [7, 11) is 0. The molecule has 1 spiro atoms. The van der Waals surface area contributed by atoms with Gasteiger partial charge >= 0.3 is 0 Å². The molecule has 0 saturated heterocycles. The summed E-state index contributed by atoms with van der Waals surface area (Å²) in [5, 5.41) is 0. The molecule has 0 aromatic carbocycles. The quantitative estimate of drug-likeness (QED) is 0.517. The average molecular weight is 150 g/mol. The molecule has 3 saturated carbocycles. The van der Waals surface area contributed by atoms with Crippen LogP contribution in [0.15, 0.2) is 0 Å². The monoisotopic (exact) mass is 150 g/mol. The van der Waals surface area contributed by atoms with E-state index in [4.69, 9.17) is 0 Å². The van der Waals surface area contributed by atoms with Crippen LogP contribution in [0, 0.1) is 17.3 Å². The van der Waals surface area contributed by atoms with Crippen molar-refractivity contribution >= 4 is 5.78 Å². The molecule has 0 aromatic rings. The molecule has 11 heavy (non-hydrogen) atoms. The molecular formula is C10H14O. The lowest BCUT2D eigenvalue weighted by molar-refractivity contribution is -0.123. The second kappa shape index (κ2) is 1.70. The van der Waals surface area contributed by atoms with Gasteiger partial charge < -0.3 is 0 Å². The van der Waals surface area contributed by atoms with E-state index in [0.717, 1.165) is 12.3 Å². The van der Waals surface area contributed by atoms with Crippen molar-refractivity contribution in [3.63, 3.8) is 0 Å². The minimum atomic E-state index is 0.515. The fourth-order valence-electron chi connectivity index (χ4n) is 3.74. The Morgan fingerprint density at radius 2 is 2.09 bits per heavy atom. The Balaban J connectivity index is 2.01. The third kappa shape index (κ3) is 0.533. The first kappa shape index (κ1) is 6.22. The molecule has 2 atom stereocenters. The molecule has 0 heterocycles. The fraction of sp³-hybridized carbons (Fsp3) is 0.900. The van der Waals surface area contributed by atoms with Gasteiger partial charge in [-0.15, -0.1) is 0 Å². The lowest BCUT2D eigenvalue weighted by Gasteiger charge is -2.42. The number of carbonyl (C=O) groups is 1. The Hall–Kier alpha value is -0.330. The van der Waals surface area contributed by atoms with Crippen LogP contribution in [0.2, 0.25) is 0 Å². The zero-order valence-corrected chi connectivity index (χ0v) is 6.81. The molecule has 0 aliphatic heterocycles. The van der Waals surface area contributed by atoms with Crippen LogP contribution in [0.5, 0.6) is 0 Å². The van der Waals surface area contributed by atoms with Crippen LogP contribution >= 0.6 is 0 Å². The summed E-state index contributed by atoms with van der Waals surface area (Å²) in [6.45, 7) is 0. The van der Waals surface area contributed by atoms with E-state index < -0.39 is 0 Å². The zero-order valence-electron chi connectivity index (χ0n) is 6.81. The molecule has 3 fully saturated rings. The predicted molar refractivity (Wildman–Crippen MR) is 42.1 cm³/mol. The molecule has 3 aliphatic rings. The third-order valence-electron chi connectivity index (χ3n) is 4.43. The van der Waals surface area contributed by atoms with E-state index in [-0.39, 0.29) is 0 Å². The Morgan fingerprint density at radius 1 is 1.27 bits per heavy atom. The van der Waals surface area contributed by atoms with Crippen molar-refractivity contribution in [3.8, 4) is 0 Å². The van der Waals surface area contributed by atoms with E-state index in [2.05, 4.69) is 0 Å². The Morgan fingerprint density at radius 3 is 2.36 bits per heavy atom. The highest BCUT2D eigenvalue weighted by molar-refractivity contribution is 5.86. The van der Waals surface area contributed by atoms with E-state index >= 15 is 0 Å². The maximum atomic E-state index is 11.4. The number of ketones is 1. The minimum Gasteiger partial charge on any atom is -0.299 e. The highest BCUT2D eigenvalue weighted by Crippen LogP contribution is 2.65. The average Bonchev–Trinajstić information content (AvgIpc) is 2.36. The van der Waals surface area contributed by atoms with Crippen LogP contribution in [0.1, 0.15) is 38.5 Å². The molecular weight excluding hydrogens is 136 g/mol. The van der Waals surface area contributed by atoms with Crippen molar-refractivity contribution in [2.45, 2.75) is 38.5 Å². The molecule has 0 unspecified atom stereocenters. The third-order valence-corrected chi connectivity index (χ3v) is 4.43. The van der Waals surface area contributed by atoms with Gasteiger partial charge in [-0.25, -0.2) is 0 Å². The van der Waals surface area contributed by atoms with Crippen molar-refractivity contribution in [3.05, 3.63) is 0 Å². The summed E-state index contributed by atoms with van der Waals surface area (Å²) in [5.41, 5.74) is 0.567.